The fraction of sp³-hybridized carbons (Fsp3) is 0.250. The van der Waals surface area contributed by atoms with Crippen molar-refractivity contribution in [2.45, 2.75) is 26.6 Å². The van der Waals surface area contributed by atoms with Crippen molar-refractivity contribution < 1.29 is 18.6 Å². The largest absolute Gasteiger partial charge is 0.489 e. The summed E-state index contributed by atoms with van der Waals surface area (Å²) in [5.74, 6) is -0.753. The van der Waals surface area contributed by atoms with E-state index in [1.54, 1.807) is 19.1 Å². The van der Waals surface area contributed by atoms with Crippen molar-refractivity contribution >= 4 is 0 Å². The Hall–Kier alpha value is -1.94. The number of rotatable bonds is 4. The van der Waals surface area contributed by atoms with E-state index in [9.17, 15) is 13.9 Å². The summed E-state index contributed by atoms with van der Waals surface area (Å²) in [6.07, 6.45) is -0.671. The van der Waals surface area contributed by atoms with Gasteiger partial charge in [0.25, 0.3) is 0 Å². The summed E-state index contributed by atoms with van der Waals surface area (Å²) in [5, 5.41) is 9.68. The third-order valence-corrected chi connectivity index (χ3v) is 2.94. The highest BCUT2D eigenvalue weighted by Crippen LogP contribution is 2.27. The monoisotopic (exact) mass is 278 g/mol. The molecule has 0 heterocycles. The van der Waals surface area contributed by atoms with Crippen LogP contribution in [0.4, 0.5) is 8.78 Å². The molecule has 2 aromatic rings. The van der Waals surface area contributed by atoms with Gasteiger partial charge in [0.05, 0.1) is 6.10 Å². The Bertz CT molecular complexity index is 589. The van der Waals surface area contributed by atoms with Crippen LogP contribution in [0.15, 0.2) is 36.4 Å². The van der Waals surface area contributed by atoms with Crippen LogP contribution in [0, 0.1) is 18.6 Å². The Morgan fingerprint density at radius 3 is 2.35 bits per heavy atom. The SMILES string of the molecule is Cc1ccc([C@@H](C)O)c(OCc2cc(F)cc(F)c2)c1. The van der Waals surface area contributed by atoms with Gasteiger partial charge in [-0.3, -0.25) is 0 Å². The van der Waals surface area contributed by atoms with Crippen LogP contribution in [0.2, 0.25) is 0 Å². The highest BCUT2D eigenvalue weighted by molar-refractivity contribution is 5.38. The zero-order valence-electron chi connectivity index (χ0n) is 11.4. The van der Waals surface area contributed by atoms with E-state index in [1.165, 1.54) is 12.1 Å². The Kier molecular flexibility index (Phi) is 4.35. The van der Waals surface area contributed by atoms with E-state index in [-0.39, 0.29) is 6.61 Å². The highest BCUT2D eigenvalue weighted by Gasteiger charge is 2.10. The normalized spacial score (nSPS) is 12.2. The lowest BCUT2D eigenvalue weighted by Crippen LogP contribution is -2.02. The summed E-state index contributed by atoms with van der Waals surface area (Å²) in [7, 11) is 0. The van der Waals surface area contributed by atoms with Gasteiger partial charge in [0, 0.05) is 11.6 Å². The van der Waals surface area contributed by atoms with Crippen LogP contribution in [0.1, 0.15) is 29.7 Å². The maximum atomic E-state index is 13.1. The lowest BCUT2D eigenvalue weighted by molar-refractivity contribution is 0.190. The predicted octanol–water partition coefficient (Wildman–Crippen LogP) is 3.91. The number of ether oxygens (including phenoxy) is 1. The van der Waals surface area contributed by atoms with Gasteiger partial charge < -0.3 is 9.84 Å². The second kappa shape index (κ2) is 6.01. The smallest absolute Gasteiger partial charge is 0.126 e. The highest BCUT2D eigenvalue weighted by atomic mass is 19.1. The van der Waals surface area contributed by atoms with Crippen LogP contribution in [-0.2, 0) is 6.61 Å². The molecular weight excluding hydrogens is 262 g/mol. The second-order valence-electron chi connectivity index (χ2n) is 4.78. The van der Waals surface area contributed by atoms with Crippen molar-refractivity contribution in [3.8, 4) is 5.75 Å². The Balaban J connectivity index is 2.20. The molecule has 1 N–H and O–H groups in total. The average molecular weight is 278 g/mol. The first-order valence-electron chi connectivity index (χ1n) is 6.32. The van der Waals surface area contributed by atoms with Crippen LogP contribution in [-0.4, -0.2) is 5.11 Å². The van der Waals surface area contributed by atoms with Gasteiger partial charge in [-0.15, -0.1) is 0 Å². The first-order chi connectivity index (χ1) is 9.45. The van der Waals surface area contributed by atoms with Crippen LogP contribution in [0.25, 0.3) is 0 Å². The molecule has 4 heteroatoms. The van der Waals surface area contributed by atoms with E-state index in [1.807, 2.05) is 13.0 Å². The summed E-state index contributed by atoms with van der Waals surface area (Å²) in [6.45, 7) is 3.58. The third-order valence-electron chi connectivity index (χ3n) is 2.94. The van der Waals surface area contributed by atoms with Gasteiger partial charge in [-0.2, -0.15) is 0 Å². The molecule has 0 aromatic heterocycles. The van der Waals surface area contributed by atoms with Crippen LogP contribution in [0.3, 0.4) is 0 Å². The van der Waals surface area contributed by atoms with E-state index >= 15 is 0 Å². The molecule has 0 aliphatic heterocycles. The quantitative estimate of drug-likeness (QED) is 0.919. The van der Waals surface area contributed by atoms with Gasteiger partial charge >= 0.3 is 0 Å². The molecule has 0 fully saturated rings. The Morgan fingerprint density at radius 1 is 1.10 bits per heavy atom. The molecule has 0 radical (unpaired) electrons. The van der Waals surface area contributed by atoms with Crippen LogP contribution < -0.4 is 4.74 Å². The molecule has 106 valence electrons. The molecule has 1 atom stereocenters. The molecule has 0 saturated carbocycles. The topological polar surface area (TPSA) is 29.5 Å². The van der Waals surface area contributed by atoms with E-state index in [2.05, 4.69) is 0 Å². The number of halogens is 2. The Morgan fingerprint density at radius 2 is 1.75 bits per heavy atom. The standard InChI is InChI=1S/C16H16F2O2/c1-10-3-4-15(11(2)19)16(5-10)20-9-12-6-13(17)8-14(18)7-12/h3-8,11,19H,9H2,1-2H3/t11-/m1/s1. The minimum atomic E-state index is -0.671. The first-order valence-corrected chi connectivity index (χ1v) is 6.32. The van der Waals surface area contributed by atoms with Gasteiger partial charge in [-0.1, -0.05) is 12.1 Å². The Labute approximate surface area is 116 Å². The predicted molar refractivity (Wildman–Crippen MR) is 72.5 cm³/mol. The van der Waals surface area contributed by atoms with Crippen molar-refractivity contribution in [2.24, 2.45) is 0 Å². The minimum absolute atomic E-state index is 0.0395. The summed E-state index contributed by atoms with van der Waals surface area (Å²) in [5.41, 5.74) is 2.03. The molecule has 0 saturated heterocycles. The molecule has 2 rings (SSSR count). The molecule has 0 aliphatic rings. The van der Waals surface area contributed by atoms with E-state index < -0.39 is 17.7 Å². The zero-order chi connectivity index (χ0) is 14.7. The summed E-state index contributed by atoms with van der Waals surface area (Å²) in [6, 6.07) is 8.70. The van der Waals surface area contributed by atoms with Crippen molar-refractivity contribution in [1.29, 1.82) is 0 Å². The lowest BCUT2D eigenvalue weighted by atomic mass is 10.1. The van der Waals surface area contributed by atoms with Gasteiger partial charge in [-0.05, 0) is 43.2 Å². The molecule has 0 amide bonds. The van der Waals surface area contributed by atoms with Gasteiger partial charge in [0.2, 0.25) is 0 Å². The molecular formula is C16H16F2O2. The molecule has 0 aliphatic carbocycles. The van der Waals surface area contributed by atoms with Crippen LogP contribution >= 0.6 is 0 Å². The van der Waals surface area contributed by atoms with Crippen molar-refractivity contribution in [3.05, 3.63) is 64.7 Å². The summed E-state index contributed by atoms with van der Waals surface area (Å²) >= 11 is 0. The number of benzene rings is 2. The maximum absolute atomic E-state index is 13.1. The summed E-state index contributed by atoms with van der Waals surface area (Å²) in [4.78, 5) is 0. The van der Waals surface area contributed by atoms with E-state index in [0.29, 0.717) is 16.9 Å². The zero-order valence-corrected chi connectivity index (χ0v) is 11.4. The molecule has 0 bridgehead atoms. The average Bonchev–Trinajstić information content (AvgIpc) is 2.35. The second-order valence-corrected chi connectivity index (χ2v) is 4.78. The maximum Gasteiger partial charge on any atom is 0.126 e. The molecule has 2 aromatic carbocycles. The molecule has 0 unspecified atom stereocenters. The van der Waals surface area contributed by atoms with Gasteiger partial charge in [0.1, 0.15) is 24.0 Å². The lowest BCUT2D eigenvalue weighted by Gasteiger charge is -2.14. The van der Waals surface area contributed by atoms with E-state index in [4.69, 9.17) is 4.74 Å². The first kappa shape index (κ1) is 14.5. The molecule has 20 heavy (non-hydrogen) atoms. The molecule has 2 nitrogen and oxygen atoms in total. The number of aliphatic hydroxyl groups is 1. The van der Waals surface area contributed by atoms with Crippen molar-refractivity contribution in [2.75, 3.05) is 0 Å². The molecule has 0 spiro atoms. The third kappa shape index (κ3) is 3.54. The van der Waals surface area contributed by atoms with E-state index in [0.717, 1.165) is 11.6 Å². The van der Waals surface area contributed by atoms with Crippen LogP contribution in [0.5, 0.6) is 5.75 Å². The van der Waals surface area contributed by atoms with Crippen molar-refractivity contribution in [3.63, 3.8) is 0 Å². The fourth-order valence-electron chi connectivity index (χ4n) is 1.97. The van der Waals surface area contributed by atoms with Crippen molar-refractivity contribution in [1.82, 2.24) is 0 Å². The number of aryl methyl sites for hydroxylation is 1. The number of hydrogen-bond acceptors (Lipinski definition) is 2. The summed E-state index contributed by atoms with van der Waals surface area (Å²) < 4.78 is 31.8. The van der Waals surface area contributed by atoms with Gasteiger partial charge in [-0.25, -0.2) is 8.78 Å². The number of hydrogen-bond donors (Lipinski definition) is 1. The van der Waals surface area contributed by atoms with Gasteiger partial charge in [0.15, 0.2) is 0 Å². The fourth-order valence-corrected chi connectivity index (χ4v) is 1.97. The number of aliphatic hydroxyl groups excluding tert-OH is 1. The minimum Gasteiger partial charge on any atom is -0.489 e.